The van der Waals surface area contributed by atoms with E-state index < -0.39 is 58.9 Å². The molecule has 0 aromatic heterocycles. The van der Waals surface area contributed by atoms with Crippen LogP contribution in [-0.2, 0) is 24.6 Å². The van der Waals surface area contributed by atoms with Crippen LogP contribution in [0.15, 0.2) is 136 Å². The number of aliphatic hydroxyl groups is 1. The van der Waals surface area contributed by atoms with Crippen molar-refractivity contribution < 1.29 is 44.6 Å². The Labute approximate surface area is 418 Å². The van der Waals surface area contributed by atoms with E-state index in [0.29, 0.717) is 75.5 Å². The van der Waals surface area contributed by atoms with E-state index in [-0.39, 0.29) is 17.5 Å². The van der Waals surface area contributed by atoms with Gasteiger partial charge < -0.3 is 25.0 Å². The predicted molar refractivity (Wildman–Crippen MR) is 271 cm³/mol. The second-order valence-corrected chi connectivity index (χ2v) is 22.6. The number of ether oxygens (including phenoxy) is 1. The van der Waals surface area contributed by atoms with Gasteiger partial charge in [0.2, 0.25) is 0 Å². The molecule has 0 radical (unpaired) electrons. The molecule has 0 saturated carbocycles. The van der Waals surface area contributed by atoms with Gasteiger partial charge in [-0.2, -0.15) is 13.2 Å². The number of benzene rings is 5. The zero-order valence-electron chi connectivity index (χ0n) is 39.0. The third-order valence-electron chi connectivity index (χ3n) is 13.0. The first-order valence-electron chi connectivity index (χ1n) is 23.4. The maximum atomic E-state index is 14.4. The van der Waals surface area contributed by atoms with Crippen LogP contribution >= 0.6 is 23.4 Å². The third-order valence-corrected chi connectivity index (χ3v) is 17.3. The molecule has 5 aromatic rings. The number of likely N-dealkylation sites (N-methyl/N-ethyl adjacent to an activating group) is 1. The van der Waals surface area contributed by atoms with Crippen molar-refractivity contribution >= 4 is 60.5 Å². The molecule has 2 heterocycles. The Morgan fingerprint density at radius 3 is 2.23 bits per heavy atom. The number of hydrogen-bond acceptors (Lipinski definition) is 12. The first-order valence-corrected chi connectivity index (χ1v) is 27.7. The lowest BCUT2D eigenvalue weighted by molar-refractivity contribution is -0.0435. The van der Waals surface area contributed by atoms with Gasteiger partial charge in [-0.1, -0.05) is 80.0 Å². The lowest BCUT2D eigenvalue weighted by Crippen LogP contribution is -2.52. The fraction of sp³-hybridized carbons (Fsp3) is 0.392. The number of alkyl halides is 3. The average molecular weight is 1040 g/mol. The molecular formula is C51H59ClF3N5O7S3. The van der Waals surface area contributed by atoms with Crippen molar-refractivity contribution in [3.8, 4) is 11.1 Å². The number of piperidine rings is 1. The van der Waals surface area contributed by atoms with E-state index in [9.17, 15) is 39.9 Å². The molecule has 70 heavy (non-hydrogen) atoms. The van der Waals surface area contributed by atoms with E-state index in [1.54, 1.807) is 12.1 Å². The summed E-state index contributed by atoms with van der Waals surface area (Å²) < 4.78 is 105. The molecule has 3 atom stereocenters. The molecule has 2 aliphatic heterocycles. The van der Waals surface area contributed by atoms with Crippen LogP contribution in [0, 0.1) is 5.92 Å². The molecule has 1 amide bonds. The van der Waals surface area contributed by atoms with E-state index >= 15 is 0 Å². The minimum Gasteiger partial charge on any atom is -0.388 e. The van der Waals surface area contributed by atoms with Gasteiger partial charge >= 0.3 is 5.51 Å². The van der Waals surface area contributed by atoms with E-state index in [4.69, 9.17) is 16.3 Å². The molecule has 0 aliphatic carbocycles. The monoisotopic (exact) mass is 1040 g/mol. The third kappa shape index (κ3) is 13.2. The Morgan fingerprint density at radius 1 is 0.886 bits per heavy atom. The van der Waals surface area contributed by atoms with Crippen LogP contribution in [0.25, 0.3) is 11.1 Å². The summed E-state index contributed by atoms with van der Waals surface area (Å²) >= 11 is 7.56. The zero-order valence-corrected chi connectivity index (χ0v) is 42.2. The molecular weight excluding hydrogens is 983 g/mol. The minimum atomic E-state index is -6.10. The summed E-state index contributed by atoms with van der Waals surface area (Å²) in [6, 6.07) is 32.8. The van der Waals surface area contributed by atoms with Crippen molar-refractivity contribution in [3.63, 3.8) is 0 Å². The van der Waals surface area contributed by atoms with Gasteiger partial charge in [-0.05, 0) is 122 Å². The minimum absolute atomic E-state index is 0.0207. The standard InChI is InChI=1S/C51H59ClF3N5O7S3/c1-3-58(4-2)33-42-34-67-31-30-60(42)29-26-40(35-68-43-10-6-5-7-11-43)56-47-23-22-44(32-48(47)69(63,64)51(53,54)55)70(65,66)57-50(62)38-16-20-41(21-17-38)59-27-24-37(25-28-59)49(61)46-13-9-8-12-45(46)36-14-18-39(52)19-15-36/h5-23,32,37,40,42,49,56,61H,3-4,24-31,33-35H2,1-2H3,(H,57,62)/t40-,42+,49?/m1/s1. The molecule has 12 nitrogen and oxygen atoms in total. The van der Waals surface area contributed by atoms with Crippen molar-refractivity contribution in [2.24, 2.45) is 5.92 Å². The molecule has 2 saturated heterocycles. The highest BCUT2D eigenvalue weighted by atomic mass is 35.5. The number of nitrogens with one attached hydrogen (secondary N) is 2. The first kappa shape index (κ1) is 53.1. The van der Waals surface area contributed by atoms with Crippen LogP contribution in [-0.4, -0.2) is 120 Å². The van der Waals surface area contributed by atoms with Crippen molar-refractivity contribution in [1.29, 1.82) is 0 Å². The number of amides is 1. The van der Waals surface area contributed by atoms with Gasteiger partial charge in [0, 0.05) is 71.7 Å². The largest absolute Gasteiger partial charge is 0.501 e. The Kier molecular flexibility index (Phi) is 18.0. The Bertz CT molecular complexity index is 2750. The number of sulfone groups is 1. The van der Waals surface area contributed by atoms with E-state index in [0.717, 1.165) is 59.0 Å². The Hall–Kier alpha value is -4.66. The highest BCUT2D eigenvalue weighted by Gasteiger charge is 2.48. The number of halogens is 4. The van der Waals surface area contributed by atoms with Gasteiger partial charge in [0.15, 0.2) is 0 Å². The summed E-state index contributed by atoms with van der Waals surface area (Å²) in [5, 5.41) is 15.2. The van der Waals surface area contributed by atoms with E-state index in [2.05, 4.69) is 33.9 Å². The van der Waals surface area contributed by atoms with E-state index in [1.165, 1.54) is 23.9 Å². The van der Waals surface area contributed by atoms with Crippen LogP contribution in [0.3, 0.4) is 0 Å². The van der Waals surface area contributed by atoms with Crippen molar-refractivity contribution in [2.45, 2.75) is 71.5 Å². The van der Waals surface area contributed by atoms with Gasteiger partial charge in [-0.25, -0.2) is 21.6 Å². The molecule has 3 N–H and O–H groups in total. The van der Waals surface area contributed by atoms with Gasteiger partial charge in [0.1, 0.15) is 4.90 Å². The number of morpholine rings is 1. The molecule has 19 heteroatoms. The van der Waals surface area contributed by atoms with Gasteiger partial charge in [-0.3, -0.25) is 9.69 Å². The molecule has 2 fully saturated rings. The van der Waals surface area contributed by atoms with Crippen molar-refractivity contribution in [1.82, 2.24) is 14.5 Å². The van der Waals surface area contributed by atoms with Gasteiger partial charge in [0.25, 0.3) is 25.8 Å². The van der Waals surface area contributed by atoms with Crippen molar-refractivity contribution in [2.75, 3.05) is 75.0 Å². The number of hydrogen-bond donors (Lipinski definition) is 3. The van der Waals surface area contributed by atoms with Gasteiger partial charge in [-0.15, -0.1) is 11.8 Å². The molecule has 5 aromatic carbocycles. The van der Waals surface area contributed by atoms with Crippen LogP contribution in [0.5, 0.6) is 0 Å². The summed E-state index contributed by atoms with van der Waals surface area (Å²) in [6.45, 7) is 10.1. The summed E-state index contributed by atoms with van der Waals surface area (Å²) in [4.78, 5) is 18.9. The fourth-order valence-corrected chi connectivity index (χ4v) is 12.1. The highest BCUT2D eigenvalue weighted by Crippen LogP contribution is 2.39. The summed E-state index contributed by atoms with van der Waals surface area (Å²) in [5.74, 6) is -0.735. The summed E-state index contributed by atoms with van der Waals surface area (Å²) in [6.07, 6.45) is 1.06. The van der Waals surface area contributed by atoms with Crippen LogP contribution in [0.4, 0.5) is 24.5 Å². The number of rotatable bonds is 20. The lowest BCUT2D eigenvalue weighted by atomic mass is 9.84. The number of sulfonamides is 1. The fourth-order valence-electron chi connectivity index (χ4n) is 8.96. The topological polar surface area (TPSA) is 149 Å². The number of aliphatic hydroxyl groups excluding tert-OH is 1. The maximum absolute atomic E-state index is 14.4. The van der Waals surface area contributed by atoms with Crippen LogP contribution in [0.1, 0.15) is 55.1 Å². The number of thioether (sulfide) groups is 1. The highest BCUT2D eigenvalue weighted by molar-refractivity contribution is 7.99. The van der Waals surface area contributed by atoms with E-state index in [1.807, 2.05) is 83.6 Å². The number of carbonyl (C=O) groups excluding carboxylic acids is 1. The molecule has 0 spiro atoms. The zero-order chi connectivity index (χ0) is 50.1. The normalized spacial score (nSPS) is 17.3. The SMILES string of the molecule is CCN(CC)C[C@H]1COCCN1CC[C@H](CSc1ccccc1)Nc1ccc(S(=O)(=O)NC(=O)c2ccc(N3CCC(C(O)c4ccccc4-c4ccc(Cl)cc4)CC3)cc2)cc1S(=O)(=O)C(F)(F)F. The number of nitrogens with zero attached hydrogens (tertiary/aromatic N) is 3. The summed E-state index contributed by atoms with van der Waals surface area (Å²) in [7, 11) is -11.0. The Balaban J connectivity index is 1.04. The quantitative estimate of drug-likeness (QED) is 0.0638. The molecule has 0 bridgehead atoms. The second-order valence-electron chi connectivity index (χ2n) is 17.5. The molecule has 1 unspecified atom stereocenters. The van der Waals surface area contributed by atoms with Gasteiger partial charge in [0.05, 0.1) is 29.9 Å². The lowest BCUT2D eigenvalue weighted by Gasteiger charge is -2.39. The molecule has 2 aliphatic rings. The average Bonchev–Trinajstić information content (AvgIpc) is 3.36. The second kappa shape index (κ2) is 23.7. The van der Waals surface area contributed by atoms with Crippen LogP contribution in [0.2, 0.25) is 5.02 Å². The number of anilines is 2. The first-order chi connectivity index (χ1) is 33.5. The predicted octanol–water partition coefficient (Wildman–Crippen LogP) is 9.37. The van der Waals surface area contributed by atoms with Crippen molar-refractivity contribution in [3.05, 3.63) is 137 Å². The maximum Gasteiger partial charge on any atom is 0.501 e. The molecule has 7 rings (SSSR count). The van der Waals surface area contributed by atoms with Crippen LogP contribution < -0.4 is 14.9 Å². The summed E-state index contributed by atoms with van der Waals surface area (Å²) in [5.41, 5.74) is -2.75. The smallest absolute Gasteiger partial charge is 0.388 e. The number of carbonyl (C=O) groups is 1. The Morgan fingerprint density at radius 2 is 1.56 bits per heavy atom. The molecule has 376 valence electrons.